The van der Waals surface area contributed by atoms with Gasteiger partial charge in [-0.25, -0.2) is 9.59 Å². The van der Waals surface area contributed by atoms with E-state index in [-0.39, 0.29) is 58.8 Å². The van der Waals surface area contributed by atoms with Gasteiger partial charge in [0.2, 0.25) is 0 Å². The maximum absolute atomic E-state index is 12.7. The van der Waals surface area contributed by atoms with E-state index in [9.17, 15) is 55.4 Å². The van der Waals surface area contributed by atoms with Gasteiger partial charge < -0.3 is 54.4 Å². The van der Waals surface area contributed by atoms with Gasteiger partial charge in [-0.05, 0) is 30.3 Å². The number of furan rings is 1. The van der Waals surface area contributed by atoms with E-state index in [4.69, 9.17) is 13.9 Å². The Morgan fingerprint density at radius 2 is 1.67 bits per heavy atom. The molecule has 0 bridgehead atoms. The highest BCUT2D eigenvalue weighted by Crippen LogP contribution is 2.44. The number of nitrogens with zero attached hydrogens (tertiary/aromatic N) is 3. The second kappa shape index (κ2) is 13.3. The van der Waals surface area contributed by atoms with Crippen molar-refractivity contribution < 1.29 is 68.9 Å². The smallest absolute Gasteiger partial charge is 0.433 e. The maximum Gasteiger partial charge on any atom is 0.433 e. The summed E-state index contributed by atoms with van der Waals surface area (Å²) in [6.45, 7) is 0.645. The van der Waals surface area contributed by atoms with E-state index >= 15 is 0 Å². The maximum atomic E-state index is 12.7. The number of nitro groups is 1. The molecule has 7 N–H and O–H groups in total. The van der Waals surface area contributed by atoms with Crippen molar-refractivity contribution in [3.63, 3.8) is 0 Å². The number of esters is 1. The molecule has 18 nitrogen and oxygen atoms in total. The number of carbonyl (C=O) groups is 2. The Morgan fingerprint density at radius 1 is 0.938 bits per heavy atom. The molecule has 48 heavy (non-hydrogen) atoms. The van der Waals surface area contributed by atoms with Gasteiger partial charge in [0.15, 0.2) is 40.6 Å². The van der Waals surface area contributed by atoms with Crippen LogP contribution in [0.5, 0.6) is 46.0 Å². The average molecular weight is 668 g/mol. The van der Waals surface area contributed by atoms with E-state index in [1.807, 2.05) is 0 Å². The summed E-state index contributed by atoms with van der Waals surface area (Å²) in [5, 5.41) is 83.4. The van der Waals surface area contributed by atoms with Gasteiger partial charge in [0.05, 0.1) is 24.4 Å². The van der Waals surface area contributed by atoms with Gasteiger partial charge in [0, 0.05) is 29.7 Å². The second-order valence-electron chi connectivity index (χ2n) is 10.2. The predicted octanol–water partition coefficient (Wildman–Crippen LogP) is 3.50. The molecule has 0 radical (unpaired) electrons. The largest absolute Gasteiger partial charge is 0.508 e. The molecule has 0 aliphatic carbocycles. The predicted molar refractivity (Wildman–Crippen MR) is 158 cm³/mol. The highest BCUT2D eigenvalue weighted by atomic mass is 16.6. The van der Waals surface area contributed by atoms with Gasteiger partial charge >= 0.3 is 17.9 Å². The Labute approximate surface area is 268 Å². The molecule has 1 fully saturated rings. The van der Waals surface area contributed by atoms with Crippen molar-refractivity contribution in [1.82, 2.24) is 5.01 Å². The van der Waals surface area contributed by atoms with Crippen LogP contribution >= 0.6 is 0 Å². The zero-order valence-electron chi connectivity index (χ0n) is 24.3. The normalized spacial score (nSPS) is 16.8. The highest BCUT2D eigenvalue weighted by Gasteiger charge is 2.37. The third kappa shape index (κ3) is 7.01. The molecule has 3 aromatic carbocycles. The highest BCUT2D eigenvalue weighted by molar-refractivity contribution is 5.91. The number of phenols is 7. The number of ether oxygens (including phenoxy) is 3. The van der Waals surface area contributed by atoms with E-state index in [0.717, 1.165) is 23.2 Å². The van der Waals surface area contributed by atoms with Crippen molar-refractivity contribution in [2.75, 3.05) is 13.2 Å². The Balaban J connectivity index is 0.000000236. The molecular weight excluding hydrogens is 642 g/mol. The van der Waals surface area contributed by atoms with Crippen molar-refractivity contribution in [1.29, 1.82) is 0 Å². The van der Waals surface area contributed by atoms with Crippen molar-refractivity contribution >= 4 is 24.2 Å². The van der Waals surface area contributed by atoms with Crippen LogP contribution in [0.3, 0.4) is 0 Å². The van der Waals surface area contributed by atoms with E-state index in [1.165, 1.54) is 42.6 Å². The molecule has 250 valence electrons. The lowest BCUT2D eigenvalue weighted by atomic mass is 9.93. The Morgan fingerprint density at radius 3 is 2.29 bits per heavy atom. The molecule has 0 saturated carbocycles. The number of amides is 1. The number of carbonyl (C=O) groups excluding carboxylic acids is 2. The van der Waals surface area contributed by atoms with Crippen LogP contribution in [0.1, 0.15) is 33.3 Å². The topological polar surface area (TPSA) is 275 Å². The number of hydrogen-bond donors (Lipinski definition) is 7. The minimum absolute atomic E-state index is 0.0461. The molecule has 1 amide bonds. The SMILES string of the molecule is O=C(OC1Cc2c(O)cc(O)cc2OC1c1ccc(O)c(O)c1)c1cc(O)c(O)c(O)c1.O=C1OCCN1N=Cc1ccc([N+](=O)[O-])o1. The molecular formula is C30H25N3O15. The van der Waals surface area contributed by atoms with Crippen LogP contribution in [0, 0.1) is 10.1 Å². The van der Waals surface area contributed by atoms with E-state index in [2.05, 4.69) is 9.84 Å². The molecule has 3 heterocycles. The second-order valence-corrected chi connectivity index (χ2v) is 10.2. The van der Waals surface area contributed by atoms with Gasteiger partial charge in [0.25, 0.3) is 0 Å². The van der Waals surface area contributed by atoms with Crippen molar-refractivity contribution in [2.45, 2.75) is 18.6 Å². The van der Waals surface area contributed by atoms with E-state index < -0.39 is 52.2 Å². The van der Waals surface area contributed by atoms with E-state index in [0.29, 0.717) is 12.1 Å². The van der Waals surface area contributed by atoms with Crippen molar-refractivity contribution in [3.05, 3.63) is 87.2 Å². The van der Waals surface area contributed by atoms with Crippen LogP contribution in [0.4, 0.5) is 10.7 Å². The summed E-state index contributed by atoms with van der Waals surface area (Å²) >= 11 is 0. The van der Waals surface area contributed by atoms with Gasteiger partial charge in [-0.1, -0.05) is 6.07 Å². The van der Waals surface area contributed by atoms with Gasteiger partial charge in [-0.15, -0.1) is 0 Å². The number of phenolic OH excluding ortho intramolecular Hbond substituents is 7. The first-order valence-corrected chi connectivity index (χ1v) is 13.7. The number of cyclic esters (lactones) is 1. The minimum atomic E-state index is -1.06. The minimum Gasteiger partial charge on any atom is -0.508 e. The van der Waals surface area contributed by atoms with Crippen molar-refractivity contribution in [2.24, 2.45) is 5.10 Å². The summed E-state index contributed by atoms with van der Waals surface area (Å²) in [5.74, 6) is -4.60. The number of benzene rings is 3. The zero-order chi connectivity index (χ0) is 34.7. The number of hydrazone groups is 1. The summed E-state index contributed by atoms with van der Waals surface area (Å²) in [4.78, 5) is 33.3. The molecule has 1 aromatic heterocycles. The summed E-state index contributed by atoms with van der Waals surface area (Å²) in [6, 6.07) is 10.7. The third-order valence-electron chi connectivity index (χ3n) is 6.92. The molecule has 2 unspecified atom stereocenters. The fourth-order valence-corrected chi connectivity index (χ4v) is 4.61. The first kappa shape index (κ1) is 32.5. The van der Waals surface area contributed by atoms with Crippen LogP contribution in [0.2, 0.25) is 0 Å². The van der Waals surface area contributed by atoms with Crippen LogP contribution in [0.15, 0.2) is 64.1 Å². The van der Waals surface area contributed by atoms with Gasteiger partial charge in [0.1, 0.15) is 34.9 Å². The summed E-state index contributed by atoms with van der Waals surface area (Å²) < 4.78 is 20.8. The number of fused-ring (bicyclic) bond motifs is 1. The molecule has 6 rings (SSSR count). The Kier molecular flexibility index (Phi) is 8.98. The fourth-order valence-electron chi connectivity index (χ4n) is 4.61. The third-order valence-corrected chi connectivity index (χ3v) is 6.92. The monoisotopic (exact) mass is 667 g/mol. The van der Waals surface area contributed by atoms with Crippen LogP contribution in [0.25, 0.3) is 0 Å². The molecule has 4 aromatic rings. The first-order chi connectivity index (χ1) is 22.8. The molecule has 1 saturated heterocycles. The Hall–Kier alpha value is -6.85. The summed E-state index contributed by atoms with van der Waals surface area (Å²) in [7, 11) is 0. The van der Waals surface area contributed by atoms with Gasteiger partial charge in [-0.3, -0.25) is 10.1 Å². The molecule has 18 heteroatoms. The lowest BCUT2D eigenvalue weighted by Crippen LogP contribution is -2.34. The first-order valence-electron chi connectivity index (χ1n) is 13.7. The fraction of sp³-hybridized carbons (Fsp3) is 0.167. The molecule has 2 atom stereocenters. The zero-order valence-corrected chi connectivity index (χ0v) is 24.3. The van der Waals surface area contributed by atoms with Crippen LogP contribution < -0.4 is 4.74 Å². The van der Waals surface area contributed by atoms with Crippen molar-refractivity contribution in [3.8, 4) is 46.0 Å². The number of aromatic hydroxyl groups is 7. The summed E-state index contributed by atoms with van der Waals surface area (Å²) in [6.07, 6.45) is -1.45. The van der Waals surface area contributed by atoms with Gasteiger partial charge in [-0.2, -0.15) is 10.1 Å². The lowest BCUT2D eigenvalue weighted by Gasteiger charge is -2.34. The molecule has 2 aliphatic heterocycles. The van der Waals surface area contributed by atoms with E-state index in [1.54, 1.807) is 0 Å². The molecule has 2 aliphatic rings. The summed E-state index contributed by atoms with van der Waals surface area (Å²) in [5.41, 5.74) is 0.324. The average Bonchev–Trinajstić information content (AvgIpc) is 3.69. The lowest BCUT2D eigenvalue weighted by molar-refractivity contribution is -0.402. The van der Waals surface area contributed by atoms with Crippen LogP contribution in [-0.4, -0.2) is 83.2 Å². The standard InChI is InChI=1S/C22H18O10.C8H7N3O5/c23-11-6-14(25)12-8-19(32-22(30)10-4-16(27)20(29)17(28)5-10)21(31-18(12)7-11)9-1-2-13(24)15(26)3-9;12-8-10(3-4-15-8)9-5-6-1-2-7(16-6)11(13)14/h1-7,19,21,23-29H,8H2;1-2,5H,3-4H2. The Bertz CT molecular complexity index is 1900. The molecule has 0 spiro atoms. The van der Waals surface area contributed by atoms with Crippen LogP contribution in [-0.2, 0) is 15.9 Å². The number of hydrogen-bond acceptors (Lipinski definition) is 16. The number of rotatable bonds is 6. The quantitative estimate of drug-likeness (QED) is 0.0509.